The van der Waals surface area contributed by atoms with E-state index in [1.165, 1.54) is 70.1 Å². The van der Waals surface area contributed by atoms with Gasteiger partial charge in [0.25, 0.3) is 0 Å². The Balaban J connectivity index is 1.49. The summed E-state index contributed by atoms with van der Waals surface area (Å²) >= 11 is 0. The summed E-state index contributed by atoms with van der Waals surface area (Å²) in [7, 11) is 0. The minimum atomic E-state index is 0.740. The molecule has 0 saturated carbocycles. The normalized spacial score (nSPS) is 26.0. The Labute approximate surface area is 136 Å². The van der Waals surface area contributed by atoms with E-state index in [1.54, 1.807) is 0 Å². The van der Waals surface area contributed by atoms with Gasteiger partial charge in [0, 0.05) is 12.1 Å². The van der Waals surface area contributed by atoms with Crippen molar-refractivity contribution in [1.82, 2.24) is 10.2 Å². The van der Waals surface area contributed by atoms with Gasteiger partial charge in [-0.25, -0.2) is 0 Å². The standard InChI is InChI=1S/C20H32N2/c1-2-20(19-10-6-7-13-21-19)22-14-11-18(12-15-22)16-17-8-4-3-5-9-17/h3-5,8-9,18-21H,2,6-7,10-16H2,1H3/t19-,20?/m0/s1. The molecule has 122 valence electrons. The van der Waals surface area contributed by atoms with Crippen molar-refractivity contribution in [2.75, 3.05) is 19.6 Å². The second-order valence-electron chi connectivity index (χ2n) is 7.20. The van der Waals surface area contributed by atoms with E-state index in [-0.39, 0.29) is 0 Å². The molecule has 2 nitrogen and oxygen atoms in total. The van der Waals surface area contributed by atoms with Crippen molar-refractivity contribution in [3.05, 3.63) is 35.9 Å². The van der Waals surface area contributed by atoms with Gasteiger partial charge in [0.05, 0.1) is 0 Å². The zero-order chi connectivity index (χ0) is 15.2. The van der Waals surface area contributed by atoms with Crippen LogP contribution < -0.4 is 5.32 Å². The summed E-state index contributed by atoms with van der Waals surface area (Å²) < 4.78 is 0. The number of hydrogen-bond donors (Lipinski definition) is 1. The maximum Gasteiger partial charge on any atom is 0.0246 e. The third kappa shape index (κ3) is 4.11. The van der Waals surface area contributed by atoms with Crippen LogP contribution in [0.3, 0.4) is 0 Å². The van der Waals surface area contributed by atoms with Gasteiger partial charge in [-0.3, -0.25) is 4.90 Å². The van der Waals surface area contributed by atoms with Gasteiger partial charge < -0.3 is 5.32 Å². The van der Waals surface area contributed by atoms with E-state index in [2.05, 4.69) is 47.5 Å². The van der Waals surface area contributed by atoms with Crippen LogP contribution in [0, 0.1) is 5.92 Å². The molecule has 0 amide bonds. The Bertz CT molecular complexity index is 417. The van der Waals surface area contributed by atoms with Crippen LogP contribution in [-0.4, -0.2) is 36.6 Å². The lowest BCUT2D eigenvalue weighted by molar-refractivity contribution is 0.0946. The summed E-state index contributed by atoms with van der Waals surface area (Å²) in [5.41, 5.74) is 1.52. The molecule has 1 aromatic carbocycles. The molecule has 22 heavy (non-hydrogen) atoms. The van der Waals surface area contributed by atoms with Gasteiger partial charge in [0.2, 0.25) is 0 Å². The van der Waals surface area contributed by atoms with E-state index in [0.29, 0.717) is 0 Å². The summed E-state index contributed by atoms with van der Waals surface area (Å²) in [6.45, 7) is 6.20. The lowest BCUT2D eigenvalue weighted by atomic mass is 9.87. The molecule has 0 spiro atoms. The maximum absolute atomic E-state index is 3.78. The van der Waals surface area contributed by atoms with Crippen molar-refractivity contribution >= 4 is 0 Å². The van der Waals surface area contributed by atoms with E-state index in [1.807, 2.05) is 0 Å². The van der Waals surface area contributed by atoms with Crippen molar-refractivity contribution < 1.29 is 0 Å². The van der Waals surface area contributed by atoms with E-state index < -0.39 is 0 Å². The Morgan fingerprint density at radius 2 is 1.86 bits per heavy atom. The molecule has 3 rings (SSSR count). The number of benzene rings is 1. The van der Waals surface area contributed by atoms with E-state index in [9.17, 15) is 0 Å². The minimum Gasteiger partial charge on any atom is -0.312 e. The van der Waals surface area contributed by atoms with Gasteiger partial charge in [-0.2, -0.15) is 0 Å². The van der Waals surface area contributed by atoms with Gasteiger partial charge in [-0.05, 0) is 69.6 Å². The second kappa shape index (κ2) is 8.12. The zero-order valence-corrected chi connectivity index (χ0v) is 14.1. The molecule has 2 saturated heterocycles. The fraction of sp³-hybridized carbons (Fsp3) is 0.700. The van der Waals surface area contributed by atoms with Crippen LogP contribution in [0.25, 0.3) is 0 Å². The molecule has 1 aromatic rings. The van der Waals surface area contributed by atoms with E-state index in [0.717, 1.165) is 18.0 Å². The number of hydrogen-bond acceptors (Lipinski definition) is 2. The Kier molecular flexibility index (Phi) is 5.91. The largest absolute Gasteiger partial charge is 0.312 e. The fourth-order valence-corrected chi connectivity index (χ4v) is 4.44. The topological polar surface area (TPSA) is 15.3 Å². The molecule has 2 atom stereocenters. The second-order valence-corrected chi connectivity index (χ2v) is 7.20. The first kappa shape index (κ1) is 16.0. The van der Waals surface area contributed by atoms with Crippen molar-refractivity contribution in [1.29, 1.82) is 0 Å². The predicted molar refractivity (Wildman–Crippen MR) is 94.2 cm³/mol. The maximum atomic E-state index is 3.78. The Morgan fingerprint density at radius 1 is 1.09 bits per heavy atom. The molecule has 1 unspecified atom stereocenters. The van der Waals surface area contributed by atoms with Crippen LogP contribution in [0.2, 0.25) is 0 Å². The van der Waals surface area contributed by atoms with E-state index in [4.69, 9.17) is 0 Å². The molecule has 0 aliphatic carbocycles. The van der Waals surface area contributed by atoms with Gasteiger partial charge >= 0.3 is 0 Å². The van der Waals surface area contributed by atoms with Crippen molar-refractivity contribution in [2.24, 2.45) is 5.92 Å². The van der Waals surface area contributed by atoms with Crippen LogP contribution in [-0.2, 0) is 6.42 Å². The number of rotatable bonds is 5. The number of nitrogens with zero attached hydrogens (tertiary/aromatic N) is 1. The summed E-state index contributed by atoms with van der Waals surface area (Å²) in [4.78, 5) is 2.78. The average Bonchev–Trinajstić information content (AvgIpc) is 2.59. The highest BCUT2D eigenvalue weighted by atomic mass is 15.2. The molecule has 0 bridgehead atoms. The Morgan fingerprint density at radius 3 is 2.50 bits per heavy atom. The van der Waals surface area contributed by atoms with Crippen LogP contribution in [0.1, 0.15) is 51.0 Å². The number of piperidine rings is 2. The van der Waals surface area contributed by atoms with Crippen molar-refractivity contribution in [2.45, 2.75) is 64.0 Å². The molecule has 2 heteroatoms. The molecule has 2 aliphatic heterocycles. The molecule has 0 aromatic heterocycles. The molecular formula is C20H32N2. The first-order chi connectivity index (χ1) is 10.9. The quantitative estimate of drug-likeness (QED) is 0.888. The van der Waals surface area contributed by atoms with Gasteiger partial charge in [-0.1, -0.05) is 43.7 Å². The molecule has 2 fully saturated rings. The fourth-order valence-electron chi connectivity index (χ4n) is 4.44. The lowest BCUT2D eigenvalue weighted by Crippen LogP contribution is -2.53. The smallest absolute Gasteiger partial charge is 0.0246 e. The number of likely N-dealkylation sites (tertiary alicyclic amines) is 1. The van der Waals surface area contributed by atoms with Gasteiger partial charge in [0.1, 0.15) is 0 Å². The average molecular weight is 300 g/mol. The molecular weight excluding hydrogens is 268 g/mol. The van der Waals surface area contributed by atoms with Crippen LogP contribution in [0.5, 0.6) is 0 Å². The summed E-state index contributed by atoms with van der Waals surface area (Å²) in [5.74, 6) is 0.885. The Hall–Kier alpha value is -0.860. The van der Waals surface area contributed by atoms with Crippen LogP contribution in [0.15, 0.2) is 30.3 Å². The highest BCUT2D eigenvalue weighted by Gasteiger charge is 2.30. The minimum absolute atomic E-state index is 0.740. The van der Waals surface area contributed by atoms with Gasteiger partial charge in [-0.15, -0.1) is 0 Å². The van der Waals surface area contributed by atoms with Crippen LogP contribution >= 0.6 is 0 Å². The molecule has 0 radical (unpaired) electrons. The van der Waals surface area contributed by atoms with Crippen LogP contribution in [0.4, 0.5) is 0 Å². The summed E-state index contributed by atoms with van der Waals surface area (Å²) in [5, 5.41) is 3.78. The van der Waals surface area contributed by atoms with E-state index >= 15 is 0 Å². The summed E-state index contributed by atoms with van der Waals surface area (Å²) in [6, 6.07) is 12.5. The number of nitrogens with one attached hydrogen (secondary N) is 1. The highest BCUT2D eigenvalue weighted by Crippen LogP contribution is 2.26. The lowest BCUT2D eigenvalue weighted by Gasteiger charge is -2.42. The zero-order valence-electron chi connectivity index (χ0n) is 14.1. The predicted octanol–water partition coefficient (Wildman–Crippen LogP) is 3.86. The summed E-state index contributed by atoms with van der Waals surface area (Å²) in [6.07, 6.45) is 9.47. The molecule has 1 N–H and O–H groups in total. The molecule has 2 heterocycles. The van der Waals surface area contributed by atoms with Crippen molar-refractivity contribution in [3.63, 3.8) is 0 Å². The first-order valence-electron chi connectivity index (χ1n) is 9.38. The monoisotopic (exact) mass is 300 g/mol. The van der Waals surface area contributed by atoms with Gasteiger partial charge in [0.15, 0.2) is 0 Å². The first-order valence-corrected chi connectivity index (χ1v) is 9.38. The SMILES string of the molecule is CCC([C@@H]1CCCCN1)N1CCC(Cc2ccccc2)CC1. The molecule has 2 aliphatic rings. The third-order valence-corrected chi connectivity index (χ3v) is 5.72. The van der Waals surface area contributed by atoms with Crippen molar-refractivity contribution in [3.8, 4) is 0 Å². The highest BCUT2D eigenvalue weighted by molar-refractivity contribution is 5.15. The third-order valence-electron chi connectivity index (χ3n) is 5.72.